The van der Waals surface area contributed by atoms with Gasteiger partial charge in [-0.25, -0.2) is 9.67 Å². The second kappa shape index (κ2) is 7.96. The summed E-state index contributed by atoms with van der Waals surface area (Å²) in [5, 5.41) is 8.55. The lowest BCUT2D eigenvalue weighted by Crippen LogP contribution is -2.24. The molecule has 4 aromatic heterocycles. The highest BCUT2D eigenvalue weighted by Gasteiger charge is 2.19. The standard InChI is InChI=1S/C25H19N7O2/c1-34-19-11-9-18(10-12-19)32-15-20(28-29-32)23-24-25(33)30(14-17-6-4-5-13-26-17)21-7-2-3-8-22(21)31(24)16-27-23/h2-13,15-16H,14H2,1H3. The molecule has 9 heteroatoms. The molecule has 2 aromatic carbocycles. The summed E-state index contributed by atoms with van der Waals surface area (Å²) in [7, 11) is 1.62. The average Bonchev–Trinajstić information content (AvgIpc) is 3.55. The Labute approximate surface area is 193 Å². The minimum Gasteiger partial charge on any atom is -0.497 e. The first-order valence-electron chi connectivity index (χ1n) is 10.7. The van der Waals surface area contributed by atoms with E-state index in [0.717, 1.165) is 28.2 Å². The Morgan fingerprint density at radius 2 is 1.71 bits per heavy atom. The van der Waals surface area contributed by atoms with E-state index in [0.29, 0.717) is 23.4 Å². The quantitative estimate of drug-likeness (QED) is 0.401. The van der Waals surface area contributed by atoms with Gasteiger partial charge >= 0.3 is 0 Å². The largest absolute Gasteiger partial charge is 0.497 e. The predicted molar refractivity (Wildman–Crippen MR) is 127 cm³/mol. The van der Waals surface area contributed by atoms with E-state index in [9.17, 15) is 4.79 Å². The van der Waals surface area contributed by atoms with Crippen LogP contribution in [-0.2, 0) is 6.54 Å². The zero-order chi connectivity index (χ0) is 23.1. The predicted octanol–water partition coefficient (Wildman–Crippen LogP) is 3.35. The number of hydrogen-bond acceptors (Lipinski definition) is 6. The van der Waals surface area contributed by atoms with E-state index in [2.05, 4.69) is 20.3 Å². The molecule has 6 rings (SSSR count). The Balaban J connectivity index is 1.52. The molecule has 0 bridgehead atoms. The van der Waals surface area contributed by atoms with Crippen LogP contribution in [0.15, 0.2) is 90.2 Å². The van der Waals surface area contributed by atoms with E-state index in [1.54, 1.807) is 35.1 Å². The van der Waals surface area contributed by atoms with E-state index < -0.39 is 0 Å². The first kappa shape index (κ1) is 19.9. The zero-order valence-electron chi connectivity index (χ0n) is 18.2. The van der Waals surface area contributed by atoms with Gasteiger partial charge in [-0.3, -0.25) is 18.7 Å². The SMILES string of the molecule is COc1ccc(-n2cc(-c3ncn4c3c(=O)n(Cc3ccccn3)c3ccccc34)nn2)cc1. The van der Waals surface area contributed by atoms with Gasteiger partial charge in [0.05, 0.1) is 42.3 Å². The first-order chi connectivity index (χ1) is 16.7. The van der Waals surface area contributed by atoms with Gasteiger partial charge in [0.1, 0.15) is 29.0 Å². The number of aromatic nitrogens is 7. The maximum Gasteiger partial charge on any atom is 0.278 e. The molecule has 0 spiro atoms. The number of hydrogen-bond donors (Lipinski definition) is 0. The lowest BCUT2D eigenvalue weighted by molar-refractivity contribution is 0.414. The lowest BCUT2D eigenvalue weighted by atomic mass is 10.2. The number of methoxy groups -OCH3 is 1. The fourth-order valence-electron chi connectivity index (χ4n) is 4.10. The van der Waals surface area contributed by atoms with Crippen molar-refractivity contribution in [3.8, 4) is 22.8 Å². The fourth-order valence-corrected chi connectivity index (χ4v) is 4.10. The summed E-state index contributed by atoms with van der Waals surface area (Å²) in [6.45, 7) is 0.347. The van der Waals surface area contributed by atoms with Crippen molar-refractivity contribution < 1.29 is 4.74 Å². The molecule has 0 saturated heterocycles. The molecule has 0 fully saturated rings. The van der Waals surface area contributed by atoms with Gasteiger partial charge in [-0.1, -0.05) is 23.4 Å². The third-order valence-corrected chi connectivity index (χ3v) is 5.77. The summed E-state index contributed by atoms with van der Waals surface area (Å²) in [4.78, 5) is 22.7. The van der Waals surface area contributed by atoms with Gasteiger partial charge in [-0.2, -0.15) is 0 Å². The normalized spacial score (nSPS) is 11.3. The van der Waals surface area contributed by atoms with Crippen LogP contribution in [0.3, 0.4) is 0 Å². The highest BCUT2D eigenvalue weighted by Crippen LogP contribution is 2.24. The molecule has 0 amide bonds. The van der Waals surface area contributed by atoms with Crippen molar-refractivity contribution in [2.75, 3.05) is 7.11 Å². The van der Waals surface area contributed by atoms with Crippen LogP contribution in [0, 0.1) is 0 Å². The molecule has 0 saturated carbocycles. The van der Waals surface area contributed by atoms with Crippen LogP contribution in [-0.4, -0.2) is 41.0 Å². The topological polar surface area (TPSA) is 92.1 Å². The zero-order valence-corrected chi connectivity index (χ0v) is 18.2. The number of ether oxygens (including phenoxy) is 1. The number of benzene rings is 2. The fraction of sp³-hybridized carbons (Fsp3) is 0.0800. The molecular weight excluding hydrogens is 430 g/mol. The molecule has 6 aromatic rings. The van der Waals surface area contributed by atoms with Crippen molar-refractivity contribution in [1.82, 2.24) is 33.9 Å². The molecule has 9 nitrogen and oxygen atoms in total. The van der Waals surface area contributed by atoms with Crippen LogP contribution in [0.4, 0.5) is 0 Å². The highest BCUT2D eigenvalue weighted by molar-refractivity contribution is 5.84. The third-order valence-electron chi connectivity index (χ3n) is 5.77. The second-order valence-corrected chi connectivity index (χ2v) is 7.76. The Kier molecular flexibility index (Phi) is 4.65. The summed E-state index contributed by atoms with van der Waals surface area (Å²) in [5.74, 6) is 0.754. The maximum atomic E-state index is 13.8. The Hall–Kier alpha value is -4.79. The highest BCUT2D eigenvalue weighted by atomic mass is 16.5. The minimum absolute atomic E-state index is 0.171. The summed E-state index contributed by atoms with van der Waals surface area (Å²) in [6, 6.07) is 20.9. The number of nitrogens with zero attached hydrogens (tertiary/aromatic N) is 7. The van der Waals surface area contributed by atoms with Crippen molar-refractivity contribution >= 4 is 16.6 Å². The van der Waals surface area contributed by atoms with E-state index in [1.165, 1.54) is 0 Å². The molecule has 0 aliphatic carbocycles. The molecule has 0 atom stereocenters. The number of para-hydroxylation sites is 2. The Morgan fingerprint density at radius 3 is 2.47 bits per heavy atom. The monoisotopic (exact) mass is 449 g/mol. The number of rotatable bonds is 5. The van der Waals surface area contributed by atoms with Gasteiger partial charge < -0.3 is 4.74 Å². The minimum atomic E-state index is -0.171. The summed E-state index contributed by atoms with van der Waals surface area (Å²) in [5.41, 5.74) is 4.55. The Bertz CT molecular complexity index is 1680. The van der Waals surface area contributed by atoms with Crippen LogP contribution in [0.1, 0.15) is 5.69 Å². The number of fused-ring (bicyclic) bond motifs is 3. The van der Waals surface area contributed by atoms with Gasteiger partial charge in [0.15, 0.2) is 0 Å². The maximum absolute atomic E-state index is 13.8. The Morgan fingerprint density at radius 1 is 0.912 bits per heavy atom. The second-order valence-electron chi connectivity index (χ2n) is 7.76. The average molecular weight is 449 g/mol. The van der Waals surface area contributed by atoms with Gasteiger partial charge in [0, 0.05) is 6.20 Å². The third kappa shape index (κ3) is 3.22. The van der Waals surface area contributed by atoms with E-state index in [1.807, 2.05) is 71.1 Å². The molecule has 0 radical (unpaired) electrons. The molecule has 0 aliphatic rings. The van der Waals surface area contributed by atoms with Crippen molar-refractivity contribution in [2.24, 2.45) is 0 Å². The first-order valence-corrected chi connectivity index (χ1v) is 10.7. The van der Waals surface area contributed by atoms with E-state index in [-0.39, 0.29) is 5.56 Å². The van der Waals surface area contributed by atoms with Gasteiger partial charge in [-0.15, -0.1) is 5.10 Å². The molecule has 4 heterocycles. The number of imidazole rings is 1. The van der Waals surface area contributed by atoms with Crippen LogP contribution in [0.2, 0.25) is 0 Å². The van der Waals surface area contributed by atoms with Gasteiger partial charge in [0.2, 0.25) is 0 Å². The lowest BCUT2D eigenvalue weighted by Gasteiger charge is -2.12. The van der Waals surface area contributed by atoms with Crippen molar-refractivity contribution in [2.45, 2.75) is 6.54 Å². The smallest absolute Gasteiger partial charge is 0.278 e. The van der Waals surface area contributed by atoms with Crippen LogP contribution in [0.25, 0.3) is 33.6 Å². The van der Waals surface area contributed by atoms with Crippen molar-refractivity contribution in [3.05, 3.63) is 101 Å². The van der Waals surface area contributed by atoms with Crippen LogP contribution < -0.4 is 10.3 Å². The molecular formula is C25H19N7O2. The van der Waals surface area contributed by atoms with Crippen LogP contribution in [0.5, 0.6) is 5.75 Å². The molecule has 0 unspecified atom stereocenters. The van der Waals surface area contributed by atoms with Gasteiger partial charge in [0.25, 0.3) is 5.56 Å². The molecule has 34 heavy (non-hydrogen) atoms. The van der Waals surface area contributed by atoms with Crippen molar-refractivity contribution in [1.29, 1.82) is 0 Å². The van der Waals surface area contributed by atoms with E-state index >= 15 is 0 Å². The molecule has 0 N–H and O–H groups in total. The summed E-state index contributed by atoms with van der Waals surface area (Å²) >= 11 is 0. The summed E-state index contributed by atoms with van der Waals surface area (Å²) < 4.78 is 10.4. The van der Waals surface area contributed by atoms with Crippen LogP contribution >= 0.6 is 0 Å². The number of pyridine rings is 1. The van der Waals surface area contributed by atoms with Crippen molar-refractivity contribution in [3.63, 3.8) is 0 Å². The molecule has 166 valence electrons. The van der Waals surface area contributed by atoms with Gasteiger partial charge in [-0.05, 0) is 48.5 Å². The summed E-state index contributed by atoms with van der Waals surface area (Å²) in [6.07, 6.45) is 5.15. The van der Waals surface area contributed by atoms with E-state index in [4.69, 9.17) is 4.74 Å². The molecule has 0 aliphatic heterocycles.